The molecule has 0 aromatic heterocycles. The molecule has 0 bridgehead atoms. The monoisotopic (exact) mass is 331 g/mol. The van der Waals surface area contributed by atoms with Crippen LogP contribution in [0.2, 0.25) is 5.02 Å². The fourth-order valence-corrected chi connectivity index (χ4v) is 2.58. The van der Waals surface area contributed by atoms with Gasteiger partial charge in [0.1, 0.15) is 6.61 Å². The van der Waals surface area contributed by atoms with E-state index in [0.717, 1.165) is 17.7 Å². The molecule has 2 aromatic rings. The largest absolute Gasteiger partial charge is 0.493 e. The average Bonchev–Trinajstić information content (AvgIpc) is 2.53. The summed E-state index contributed by atoms with van der Waals surface area (Å²) in [6.45, 7) is 7.63. The number of hydrogen-bond donors (Lipinski definition) is 1. The zero-order valence-electron chi connectivity index (χ0n) is 13.6. The lowest BCUT2D eigenvalue weighted by Gasteiger charge is -2.14. The Balaban J connectivity index is 2.12. The Labute approximate surface area is 142 Å². The standard InChI is InChI=1S/C19H22ClNO2/c1-4-8-21-12-16-10-17(20)19(18(11-16)22-3)23-13-15-7-5-6-14(2)9-15/h4-7,9-11,21H,1,8,12-13H2,2-3H3. The molecule has 0 saturated carbocycles. The van der Waals surface area contributed by atoms with E-state index in [0.29, 0.717) is 29.7 Å². The van der Waals surface area contributed by atoms with Gasteiger partial charge in [0.15, 0.2) is 11.5 Å². The maximum absolute atomic E-state index is 6.37. The van der Waals surface area contributed by atoms with Crippen LogP contribution in [0.15, 0.2) is 49.1 Å². The molecular formula is C19H22ClNO2. The molecule has 0 spiro atoms. The van der Waals surface area contributed by atoms with Crippen LogP contribution in [0.3, 0.4) is 0 Å². The second-order valence-corrected chi connectivity index (χ2v) is 5.71. The Bertz CT molecular complexity index is 670. The predicted molar refractivity (Wildman–Crippen MR) is 95.4 cm³/mol. The predicted octanol–water partition coefficient (Wildman–Crippen LogP) is 4.51. The molecule has 122 valence electrons. The number of aryl methyl sites for hydroxylation is 1. The third kappa shape index (κ3) is 5.02. The summed E-state index contributed by atoms with van der Waals surface area (Å²) in [5.74, 6) is 1.21. The van der Waals surface area contributed by atoms with Crippen molar-refractivity contribution in [3.63, 3.8) is 0 Å². The Hall–Kier alpha value is -1.97. The Morgan fingerprint density at radius 1 is 1.22 bits per heavy atom. The Morgan fingerprint density at radius 3 is 2.74 bits per heavy atom. The van der Waals surface area contributed by atoms with Crippen molar-refractivity contribution in [3.8, 4) is 11.5 Å². The van der Waals surface area contributed by atoms with Crippen LogP contribution in [0, 0.1) is 6.92 Å². The maximum atomic E-state index is 6.37. The van der Waals surface area contributed by atoms with E-state index >= 15 is 0 Å². The van der Waals surface area contributed by atoms with Crippen molar-refractivity contribution in [1.29, 1.82) is 0 Å². The van der Waals surface area contributed by atoms with Crippen LogP contribution in [0.25, 0.3) is 0 Å². The van der Waals surface area contributed by atoms with Crippen LogP contribution in [0.1, 0.15) is 16.7 Å². The number of hydrogen-bond acceptors (Lipinski definition) is 3. The molecule has 0 saturated heterocycles. The normalized spacial score (nSPS) is 10.4. The molecule has 2 aromatic carbocycles. The molecule has 0 radical (unpaired) electrons. The molecule has 0 aliphatic carbocycles. The SMILES string of the molecule is C=CCNCc1cc(Cl)c(OCc2cccc(C)c2)c(OC)c1. The fraction of sp³-hybridized carbons (Fsp3) is 0.263. The molecule has 1 N–H and O–H groups in total. The van der Waals surface area contributed by atoms with Gasteiger partial charge in [-0.1, -0.05) is 47.5 Å². The van der Waals surface area contributed by atoms with E-state index < -0.39 is 0 Å². The summed E-state index contributed by atoms with van der Waals surface area (Å²) in [7, 11) is 1.62. The first kappa shape index (κ1) is 17.4. The van der Waals surface area contributed by atoms with Gasteiger partial charge in [0.05, 0.1) is 12.1 Å². The topological polar surface area (TPSA) is 30.5 Å². The van der Waals surface area contributed by atoms with Crippen molar-refractivity contribution >= 4 is 11.6 Å². The van der Waals surface area contributed by atoms with Crippen molar-refractivity contribution in [2.45, 2.75) is 20.1 Å². The van der Waals surface area contributed by atoms with Gasteiger partial charge in [0, 0.05) is 13.1 Å². The van der Waals surface area contributed by atoms with Crippen molar-refractivity contribution < 1.29 is 9.47 Å². The van der Waals surface area contributed by atoms with Gasteiger partial charge < -0.3 is 14.8 Å². The summed E-state index contributed by atoms with van der Waals surface area (Å²) < 4.78 is 11.3. The highest BCUT2D eigenvalue weighted by Gasteiger charge is 2.12. The number of methoxy groups -OCH3 is 1. The van der Waals surface area contributed by atoms with Crippen molar-refractivity contribution in [2.24, 2.45) is 0 Å². The third-order valence-electron chi connectivity index (χ3n) is 3.37. The lowest BCUT2D eigenvalue weighted by molar-refractivity contribution is 0.284. The molecular weight excluding hydrogens is 310 g/mol. The highest BCUT2D eigenvalue weighted by molar-refractivity contribution is 6.32. The summed E-state index contributed by atoms with van der Waals surface area (Å²) in [5, 5.41) is 3.79. The summed E-state index contributed by atoms with van der Waals surface area (Å²) in [5.41, 5.74) is 3.34. The zero-order valence-corrected chi connectivity index (χ0v) is 14.3. The number of ether oxygens (including phenoxy) is 2. The quantitative estimate of drug-likeness (QED) is 0.570. The Kier molecular flexibility index (Phi) is 6.51. The lowest BCUT2D eigenvalue weighted by Crippen LogP contribution is -2.12. The highest BCUT2D eigenvalue weighted by Crippen LogP contribution is 2.37. The summed E-state index contributed by atoms with van der Waals surface area (Å²) in [4.78, 5) is 0. The van der Waals surface area contributed by atoms with Crippen LogP contribution in [-0.4, -0.2) is 13.7 Å². The minimum Gasteiger partial charge on any atom is -0.493 e. The molecule has 0 aliphatic rings. The van der Waals surface area contributed by atoms with E-state index in [1.165, 1.54) is 5.56 Å². The molecule has 0 aliphatic heterocycles. The summed E-state index contributed by atoms with van der Waals surface area (Å²) in [6, 6.07) is 12.0. The van der Waals surface area contributed by atoms with Gasteiger partial charge in [-0.2, -0.15) is 0 Å². The van der Waals surface area contributed by atoms with E-state index in [1.54, 1.807) is 7.11 Å². The van der Waals surface area contributed by atoms with Gasteiger partial charge in [-0.05, 0) is 30.2 Å². The minimum absolute atomic E-state index is 0.450. The van der Waals surface area contributed by atoms with Gasteiger partial charge in [-0.3, -0.25) is 0 Å². The Morgan fingerprint density at radius 2 is 2.04 bits per heavy atom. The van der Waals surface area contributed by atoms with E-state index in [1.807, 2.05) is 30.3 Å². The molecule has 3 nitrogen and oxygen atoms in total. The molecule has 0 amide bonds. The van der Waals surface area contributed by atoms with Crippen LogP contribution >= 0.6 is 11.6 Å². The van der Waals surface area contributed by atoms with Gasteiger partial charge in [0.25, 0.3) is 0 Å². The first-order chi connectivity index (χ1) is 11.1. The maximum Gasteiger partial charge on any atom is 0.180 e. The van der Waals surface area contributed by atoms with Crippen molar-refractivity contribution in [2.75, 3.05) is 13.7 Å². The highest BCUT2D eigenvalue weighted by atomic mass is 35.5. The minimum atomic E-state index is 0.450. The molecule has 0 atom stereocenters. The van der Waals surface area contributed by atoms with Crippen molar-refractivity contribution in [1.82, 2.24) is 5.32 Å². The van der Waals surface area contributed by atoms with Crippen LogP contribution < -0.4 is 14.8 Å². The second-order valence-electron chi connectivity index (χ2n) is 5.31. The first-order valence-corrected chi connectivity index (χ1v) is 7.88. The summed E-state index contributed by atoms with van der Waals surface area (Å²) in [6.07, 6.45) is 1.82. The molecule has 2 rings (SSSR count). The van der Waals surface area contributed by atoms with E-state index in [9.17, 15) is 0 Å². The number of halogens is 1. The van der Waals surface area contributed by atoms with E-state index in [4.69, 9.17) is 21.1 Å². The van der Waals surface area contributed by atoms with Crippen LogP contribution in [0.5, 0.6) is 11.5 Å². The van der Waals surface area contributed by atoms with E-state index in [-0.39, 0.29) is 0 Å². The molecule has 4 heteroatoms. The van der Waals surface area contributed by atoms with Gasteiger partial charge in [-0.15, -0.1) is 6.58 Å². The molecule has 0 heterocycles. The van der Waals surface area contributed by atoms with Gasteiger partial charge in [-0.25, -0.2) is 0 Å². The number of nitrogens with one attached hydrogen (secondary N) is 1. The smallest absolute Gasteiger partial charge is 0.180 e. The van der Waals surface area contributed by atoms with Gasteiger partial charge >= 0.3 is 0 Å². The van der Waals surface area contributed by atoms with Crippen LogP contribution in [-0.2, 0) is 13.2 Å². The second kappa shape index (κ2) is 8.61. The molecule has 23 heavy (non-hydrogen) atoms. The average molecular weight is 332 g/mol. The molecule has 0 unspecified atom stereocenters. The lowest BCUT2D eigenvalue weighted by atomic mass is 10.1. The first-order valence-electron chi connectivity index (χ1n) is 7.50. The zero-order chi connectivity index (χ0) is 16.7. The summed E-state index contributed by atoms with van der Waals surface area (Å²) >= 11 is 6.37. The fourth-order valence-electron chi connectivity index (χ4n) is 2.29. The third-order valence-corrected chi connectivity index (χ3v) is 3.65. The van der Waals surface area contributed by atoms with E-state index in [2.05, 4.69) is 31.0 Å². The number of benzene rings is 2. The number of rotatable bonds is 8. The van der Waals surface area contributed by atoms with Crippen molar-refractivity contribution in [3.05, 3.63) is 70.8 Å². The van der Waals surface area contributed by atoms with Gasteiger partial charge in [0.2, 0.25) is 0 Å². The van der Waals surface area contributed by atoms with Crippen LogP contribution in [0.4, 0.5) is 0 Å². The molecule has 0 fully saturated rings.